The van der Waals surface area contributed by atoms with Crippen molar-refractivity contribution in [3.63, 3.8) is 0 Å². The molecule has 0 unspecified atom stereocenters. The molecule has 1 amide bonds. The lowest BCUT2D eigenvalue weighted by molar-refractivity contribution is 0.0674. The third-order valence-electron chi connectivity index (χ3n) is 2.96. The van der Waals surface area contributed by atoms with E-state index in [0.717, 1.165) is 5.56 Å². The molecule has 1 aromatic heterocycles. The third kappa shape index (κ3) is 3.19. The van der Waals surface area contributed by atoms with Gasteiger partial charge in [0.15, 0.2) is 11.4 Å². The van der Waals surface area contributed by atoms with E-state index in [1.54, 1.807) is 14.2 Å². The van der Waals surface area contributed by atoms with Gasteiger partial charge in [-0.3, -0.25) is 4.79 Å². The minimum absolute atomic E-state index is 0.104. The second-order valence-corrected chi connectivity index (χ2v) is 4.44. The minimum atomic E-state index is -1.22. The molecule has 1 aromatic carbocycles. The number of carboxylic acids is 1. The number of carbonyl (C=O) groups excluding carboxylic acids is 1. The maximum Gasteiger partial charge on any atom is 0.354 e. The number of imidazole rings is 1. The summed E-state index contributed by atoms with van der Waals surface area (Å²) in [6.07, 6.45) is 1.19. The number of hydrogen-bond donors (Lipinski definition) is 2. The lowest BCUT2D eigenvalue weighted by atomic mass is 10.2. The maximum absolute atomic E-state index is 12.2. The van der Waals surface area contributed by atoms with E-state index < -0.39 is 11.9 Å². The lowest BCUT2D eigenvalue weighted by Crippen LogP contribution is -2.28. The summed E-state index contributed by atoms with van der Waals surface area (Å²) in [5, 5.41) is 8.98. The Hall–Kier alpha value is -2.83. The number of nitrogens with one attached hydrogen (secondary N) is 1. The summed E-state index contributed by atoms with van der Waals surface area (Å²) in [7, 11) is 3.15. The van der Waals surface area contributed by atoms with Gasteiger partial charge in [0.2, 0.25) is 0 Å². The molecule has 2 N–H and O–H groups in total. The Bertz CT molecular complexity index is 666. The van der Waals surface area contributed by atoms with Crippen molar-refractivity contribution >= 4 is 11.9 Å². The molecule has 0 aliphatic carbocycles. The number of aromatic nitrogens is 2. The number of aromatic carboxylic acids is 1. The zero-order valence-electron chi connectivity index (χ0n) is 11.7. The Morgan fingerprint density at radius 2 is 2.19 bits per heavy atom. The molecule has 21 heavy (non-hydrogen) atoms. The highest BCUT2D eigenvalue weighted by atomic mass is 16.5. The van der Waals surface area contributed by atoms with Gasteiger partial charge in [-0.15, -0.1) is 0 Å². The molecule has 1 heterocycles. The summed E-state index contributed by atoms with van der Waals surface area (Å²) >= 11 is 0. The van der Waals surface area contributed by atoms with E-state index >= 15 is 0 Å². The molecule has 0 saturated heterocycles. The van der Waals surface area contributed by atoms with Crippen LogP contribution < -0.4 is 4.74 Å². The summed E-state index contributed by atoms with van der Waals surface area (Å²) in [4.78, 5) is 30.9. The summed E-state index contributed by atoms with van der Waals surface area (Å²) in [6.45, 7) is 0.321. The molecule has 0 spiro atoms. The van der Waals surface area contributed by atoms with Gasteiger partial charge in [-0.05, 0) is 17.7 Å². The summed E-state index contributed by atoms with van der Waals surface area (Å²) < 4.78 is 5.12. The van der Waals surface area contributed by atoms with Gasteiger partial charge < -0.3 is 19.7 Å². The number of amides is 1. The fraction of sp³-hybridized carbons (Fsp3) is 0.214. The number of nitrogens with zero attached hydrogens (tertiary/aromatic N) is 2. The van der Waals surface area contributed by atoms with Gasteiger partial charge >= 0.3 is 5.97 Å². The molecule has 0 aliphatic rings. The normalized spacial score (nSPS) is 10.2. The number of carbonyl (C=O) groups is 2. The number of carboxylic acid groups (broad SMARTS) is 1. The van der Waals surface area contributed by atoms with Gasteiger partial charge in [-0.2, -0.15) is 0 Å². The van der Waals surface area contributed by atoms with Crippen molar-refractivity contribution in [1.82, 2.24) is 14.9 Å². The van der Waals surface area contributed by atoms with Crippen molar-refractivity contribution in [3.05, 3.63) is 47.5 Å². The number of methoxy groups -OCH3 is 1. The first kappa shape index (κ1) is 14.6. The van der Waals surface area contributed by atoms with Crippen molar-refractivity contribution in [2.75, 3.05) is 14.2 Å². The van der Waals surface area contributed by atoms with E-state index in [-0.39, 0.29) is 11.4 Å². The zero-order chi connectivity index (χ0) is 15.4. The third-order valence-corrected chi connectivity index (χ3v) is 2.96. The number of H-pyrrole nitrogens is 1. The van der Waals surface area contributed by atoms with Crippen molar-refractivity contribution in [1.29, 1.82) is 0 Å². The van der Waals surface area contributed by atoms with E-state index in [9.17, 15) is 9.59 Å². The Balaban J connectivity index is 2.15. The van der Waals surface area contributed by atoms with Gasteiger partial charge in [-0.25, -0.2) is 9.78 Å². The predicted molar refractivity (Wildman–Crippen MR) is 74.3 cm³/mol. The smallest absolute Gasteiger partial charge is 0.354 e. The van der Waals surface area contributed by atoms with Gasteiger partial charge in [-0.1, -0.05) is 12.1 Å². The fourth-order valence-corrected chi connectivity index (χ4v) is 1.92. The van der Waals surface area contributed by atoms with Crippen molar-refractivity contribution < 1.29 is 19.4 Å². The van der Waals surface area contributed by atoms with Gasteiger partial charge in [0.25, 0.3) is 5.91 Å². The Morgan fingerprint density at radius 1 is 1.43 bits per heavy atom. The van der Waals surface area contributed by atoms with Crippen LogP contribution >= 0.6 is 0 Å². The van der Waals surface area contributed by atoms with Crippen LogP contribution in [0.15, 0.2) is 30.6 Å². The number of aromatic amines is 1. The number of benzene rings is 1. The number of hydrogen-bond acceptors (Lipinski definition) is 4. The first-order valence-corrected chi connectivity index (χ1v) is 6.18. The highest BCUT2D eigenvalue weighted by Gasteiger charge is 2.22. The first-order valence-electron chi connectivity index (χ1n) is 6.18. The van der Waals surface area contributed by atoms with Gasteiger partial charge in [0.1, 0.15) is 5.75 Å². The van der Waals surface area contributed by atoms with E-state index in [1.165, 1.54) is 11.2 Å². The van der Waals surface area contributed by atoms with E-state index in [4.69, 9.17) is 9.84 Å². The van der Waals surface area contributed by atoms with Crippen LogP contribution in [0.2, 0.25) is 0 Å². The van der Waals surface area contributed by atoms with Crippen LogP contribution in [0.5, 0.6) is 5.75 Å². The summed E-state index contributed by atoms with van der Waals surface area (Å²) in [5.41, 5.74) is 0.558. The quantitative estimate of drug-likeness (QED) is 0.867. The zero-order valence-corrected chi connectivity index (χ0v) is 11.7. The van der Waals surface area contributed by atoms with Crippen LogP contribution in [0.1, 0.15) is 26.5 Å². The van der Waals surface area contributed by atoms with Gasteiger partial charge in [0.05, 0.1) is 13.4 Å². The lowest BCUT2D eigenvalue weighted by Gasteiger charge is -2.16. The van der Waals surface area contributed by atoms with Crippen LogP contribution in [0.25, 0.3) is 0 Å². The minimum Gasteiger partial charge on any atom is -0.497 e. The molecule has 110 valence electrons. The fourth-order valence-electron chi connectivity index (χ4n) is 1.92. The summed E-state index contributed by atoms with van der Waals surface area (Å²) in [6, 6.07) is 7.30. The van der Waals surface area contributed by atoms with E-state index in [2.05, 4.69) is 9.97 Å². The molecular weight excluding hydrogens is 274 g/mol. The van der Waals surface area contributed by atoms with Crippen LogP contribution in [0.3, 0.4) is 0 Å². The van der Waals surface area contributed by atoms with Gasteiger partial charge in [0, 0.05) is 13.6 Å². The van der Waals surface area contributed by atoms with Crippen LogP contribution in [0.4, 0.5) is 0 Å². The van der Waals surface area contributed by atoms with Crippen LogP contribution in [0, 0.1) is 0 Å². The molecule has 2 rings (SSSR count). The number of ether oxygens (including phenoxy) is 1. The Labute approximate surface area is 121 Å². The Kier molecular flexibility index (Phi) is 4.22. The largest absolute Gasteiger partial charge is 0.497 e. The maximum atomic E-state index is 12.2. The van der Waals surface area contributed by atoms with Crippen molar-refractivity contribution in [2.45, 2.75) is 6.54 Å². The average Bonchev–Trinajstić information content (AvgIpc) is 2.96. The van der Waals surface area contributed by atoms with Crippen molar-refractivity contribution in [3.8, 4) is 5.75 Å². The molecule has 7 nitrogen and oxygen atoms in total. The topological polar surface area (TPSA) is 95.5 Å². The molecule has 7 heteroatoms. The van der Waals surface area contributed by atoms with Crippen molar-refractivity contribution in [2.24, 2.45) is 0 Å². The molecule has 2 aromatic rings. The predicted octanol–water partition coefficient (Wildman–Crippen LogP) is 1.39. The molecule has 0 aliphatic heterocycles. The molecule has 0 fully saturated rings. The highest BCUT2D eigenvalue weighted by molar-refractivity contribution is 6.02. The average molecular weight is 289 g/mol. The summed E-state index contributed by atoms with van der Waals surface area (Å²) in [5.74, 6) is -0.985. The second-order valence-electron chi connectivity index (χ2n) is 4.44. The highest BCUT2D eigenvalue weighted by Crippen LogP contribution is 2.15. The standard InChI is InChI=1S/C14H15N3O4/c1-17(7-9-4-3-5-10(6-9)21-2)13(18)11-12(14(19)20)16-8-15-11/h3-6,8H,7H2,1-2H3,(H,15,16)(H,19,20). The van der Waals surface area contributed by atoms with E-state index in [1.807, 2.05) is 24.3 Å². The second kappa shape index (κ2) is 6.08. The molecule has 0 radical (unpaired) electrons. The Morgan fingerprint density at radius 3 is 2.86 bits per heavy atom. The van der Waals surface area contributed by atoms with Crippen LogP contribution in [-0.2, 0) is 6.54 Å². The number of rotatable bonds is 5. The molecular formula is C14H15N3O4. The molecule has 0 bridgehead atoms. The SMILES string of the molecule is COc1cccc(CN(C)C(=O)c2nc[nH]c2C(=O)O)c1. The monoisotopic (exact) mass is 289 g/mol. The molecule has 0 atom stereocenters. The molecule has 0 saturated carbocycles. The first-order chi connectivity index (χ1) is 10.0. The van der Waals surface area contributed by atoms with E-state index in [0.29, 0.717) is 12.3 Å². The van der Waals surface area contributed by atoms with Crippen LogP contribution in [-0.4, -0.2) is 46.0 Å².